The first-order valence-electron chi connectivity index (χ1n) is 9.37. The predicted molar refractivity (Wildman–Crippen MR) is 107 cm³/mol. The highest BCUT2D eigenvalue weighted by atomic mass is 16.5. The van der Waals surface area contributed by atoms with Crippen LogP contribution in [0.3, 0.4) is 0 Å². The molecule has 1 atom stereocenters. The maximum absolute atomic E-state index is 12.6. The van der Waals surface area contributed by atoms with Crippen LogP contribution in [-0.4, -0.2) is 39.2 Å². The van der Waals surface area contributed by atoms with Gasteiger partial charge in [-0.05, 0) is 30.2 Å². The fraction of sp³-hybridized carbons (Fsp3) is 0.286. The third kappa shape index (κ3) is 4.00. The first-order valence-corrected chi connectivity index (χ1v) is 9.37. The summed E-state index contributed by atoms with van der Waals surface area (Å²) in [5.41, 5.74) is 2.49. The second-order valence-corrected chi connectivity index (χ2v) is 6.83. The number of nitriles is 1. The minimum atomic E-state index is -0.217. The Balaban J connectivity index is 1.70. The average molecular weight is 388 g/mol. The van der Waals surface area contributed by atoms with E-state index in [9.17, 15) is 10.1 Å². The van der Waals surface area contributed by atoms with Gasteiger partial charge in [0.15, 0.2) is 0 Å². The highest BCUT2D eigenvalue weighted by Gasteiger charge is 2.24. The number of hydrogen-bond donors (Lipinski definition) is 0. The van der Waals surface area contributed by atoms with Gasteiger partial charge in [-0.2, -0.15) is 5.26 Å². The highest BCUT2D eigenvalue weighted by molar-refractivity contribution is 5.55. The molecule has 0 radical (unpaired) electrons. The van der Waals surface area contributed by atoms with E-state index in [-0.39, 0.29) is 11.7 Å². The third-order valence-corrected chi connectivity index (χ3v) is 4.90. The zero-order valence-electron chi connectivity index (χ0n) is 16.0. The van der Waals surface area contributed by atoms with Gasteiger partial charge in [0.2, 0.25) is 5.95 Å². The molecule has 1 aliphatic rings. The number of rotatable bonds is 3. The van der Waals surface area contributed by atoms with Crippen molar-refractivity contribution >= 4 is 5.95 Å². The maximum Gasteiger partial charge on any atom is 0.255 e. The van der Waals surface area contributed by atoms with Crippen LogP contribution in [0, 0.1) is 11.3 Å². The topological polar surface area (TPSA) is 96.9 Å². The highest BCUT2D eigenvalue weighted by Crippen LogP contribution is 2.26. The SMILES string of the molecule is Cn1c(N2CCCO[C@H](c3cccc(C#N)c3)C2)nc(-c2ccncn2)cc1=O. The molecule has 0 unspecified atom stereocenters. The number of aromatic nitrogens is 4. The third-order valence-electron chi connectivity index (χ3n) is 4.90. The first-order chi connectivity index (χ1) is 14.2. The van der Waals surface area contributed by atoms with E-state index in [2.05, 4.69) is 20.9 Å². The van der Waals surface area contributed by atoms with Gasteiger partial charge in [-0.1, -0.05) is 12.1 Å². The molecule has 0 saturated carbocycles. The van der Waals surface area contributed by atoms with Crippen LogP contribution < -0.4 is 10.5 Å². The van der Waals surface area contributed by atoms with Crippen molar-refractivity contribution in [1.29, 1.82) is 5.26 Å². The number of anilines is 1. The van der Waals surface area contributed by atoms with Crippen molar-refractivity contribution in [3.05, 3.63) is 70.4 Å². The zero-order valence-corrected chi connectivity index (χ0v) is 16.0. The molecule has 8 nitrogen and oxygen atoms in total. The number of ether oxygens (including phenoxy) is 1. The smallest absolute Gasteiger partial charge is 0.255 e. The largest absolute Gasteiger partial charge is 0.372 e. The van der Waals surface area contributed by atoms with Gasteiger partial charge in [0.25, 0.3) is 5.56 Å². The summed E-state index contributed by atoms with van der Waals surface area (Å²) < 4.78 is 7.58. The van der Waals surface area contributed by atoms with Crippen molar-refractivity contribution in [1.82, 2.24) is 19.5 Å². The minimum Gasteiger partial charge on any atom is -0.372 e. The van der Waals surface area contributed by atoms with Gasteiger partial charge in [0, 0.05) is 32.5 Å². The maximum atomic E-state index is 12.6. The fourth-order valence-electron chi connectivity index (χ4n) is 3.40. The Kier molecular flexibility index (Phi) is 5.31. The van der Waals surface area contributed by atoms with Crippen molar-refractivity contribution in [2.24, 2.45) is 7.05 Å². The van der Waals surface area contributed by atoms with Gasteiger partial charge in [0.1, 0.15) is 12.4 Å². The summed E-state index contributed by atoms with van der Waals surface area (Å²) in [5, 5.41) is 9.19. The molecule has 8 heteroatoms. The molecule has 1 aromatic carbocycles. The van der Waals surface area contributed by atoms with Gasteiger partial charge in [-0.25, -0.2) is 15.0 Å². The zero-order chi connectivity index (χ0) is 20.2. The number of nitrogens with zero attached hydrogens (tertiary/aromatic N) is 6. The summed E-state index contributed by atoms with van der Waals surface area (Å²) in [6, 6.07) is 12.8. The summed E-state index contributed by atoms with van der Waals surface area (Å²) in [5.74, 6) is 0.568. The first kappa shape index (κ1) is 18.8. The van der Waals surface area contributed by atoms with Crippen LogP contribution in [0.15, 0.2) is 53.7 Å². The normalized spacial score (nSPS) is 16.8. The Bertz CT molecular complexity index is 1110. The molecule has 0 bridgehead atoms. The van der Waals surface area contributed by atoms with Gasteiger partial charge in [-0.15, -0.1) is 0 Å². The molecule has 0 aliphatic carbocycles. The second kappa shape index (κ2) is 8.20. The Labute approximate surface area is 168 Å². The monoisotopic (exact) mass is 388 g/mol. The van der Waals surface area contributed by atoms with Crippen molar-refractivity contribution in [2.75, 3.05) is 24.6 Å². The van der Waals surface area contributed by atoms with E-state index in [0.29, 0.717) is 42.6 Å². The van der Waals surface area contributed by atoms with Crippen LogP contribution in [0.25, 0.3) is 11.4 Å². The Morgan fingerprint density at radius 1 is 1.24 bits per heavy atom. The van der Waals surface area contributed by atoms with E-state index in [1.807, 2.05) is 18.2 Å². The molecule has 146 valence electrons. The quantitative estimate of drug-likeness (QED) is 0.677. The van der Waals surface area contributed by atoms with Crippen molar-refractivity contribution < 1.29 is 4.74 Å². The number of benzene rings is 1. The van der Waals surface area contributed by atoms with E-state index in [0.717, 1.165) is 12.0 Å². The van der Waals surface area contributed by atoms with Crippen LogP contribution in [0.2, 0.25) is 0 Å². The van der Waals surface area contributed by atoms with E-state index >= 15 is 0 Å². The lowest BCUT2D eigenvalue weighted by Crippen LogP contribution is -2.34. The van der Waals surface area contributed by atoms with Gasteiger partial charge in [-0.3, -0.25) is 9.36 Å². The molecule has 2 aromatic heterocycles. The molecule has 1 aliphatic heterocycles. The van der Waals surface area contributed by atoms with E-state index in [1.54, 1.807) is 29.9 Å². The van der Waals surface area contributed by atoms with Gasteiger partial charge < -0.3 is 9.64 Å². The lowest BCUT2D eigenvalue weighted by atomic mass is 10.1. The van der Waals surface area contributed by atoms with Crippen LogP contribution in [0.4, 0.5) is 5.95 Å². The molecular weight excluding hydrogens is 368 g/mol. The molecule has 4 rings (SSSR count). The summed E-state index contributed by atoms with van der Waals surface area (Å²) in [7, 11) is 1.71. The lowest BCUT2D eigenvalue weighted by molar-refractivity contribution is 0.0685. The Morgan fingerprint density at radius 2 is 2.14 bits per heavy atom. The molecule has 29 heavy (non-hydrogen) atoms. The van der Waals surface area contributed by atoms with E-state index < -0.39 is 0 Å². The van der Waals surface area contributed by atoms with Crippen LogP contribution in [-0.2, 0) is 11.8 Å². The molecule has 0 N–H and O–H groups in total. The van der Waals surface area contributed by atoms with E-state index in [1.165, 1.54) is 12.4 Å². The summed E-state index contributed by atoms with van der Waals surface area (Å²) in [4.78, 5) is 27.5. The summed E-state index contributed by atoms with van der Waals surface area (Å²) >= 11 is 0. The predicted octanol–water partition coefficient (Wildman–Crippen LogP) is 2.08. The summed E-state index contributed by atoms with van der Waals surface area (Å²) in [6.07, 6.45) is 3.65. The van der Waals surface area contributed by atoms with Crippen molar-refractivity contribution in [2.45, 2.75) is 12.5 Å². The Hall–Kier alpha value is -3.57. The van der Waals surface area contributed by atoms with Crippen molar-refractivity contribution in [3.8, 4) is 17.5 Å². The van der Waals surface area contributed by atoms with Crippen LogP contribution >= 0.6 is 0 Å². The molecule has 3 aromatic rings. The molecule has 3 heterocycles. The summed E-state index contributed by atoms with van der Waals surface area (Å²) in [6.45, 7) is 1.84. The molecule has 0 spiro atoms. The second-order valence-electron chi connectivity index (χ2n) is 6.83. The molecular formula is C21H20N6O2. The lowest BCUT2D eigenvalue weighted by Gasteiger charge is -2.26. The van der Waals surface area contributed by atoms with Crippen molar-refractivity contribution in [3.63, 3.8) is 0 Å². The van der Waals surface area contributed by atoms with Crippen LogP contribution in [0.1, 0.15) is 23.7 Å². The van der Waals surface area contributed by atoms with Gasteiger partial charge >= 0.3 is 0 Å². The molecule has 1 saturated heterocycles. The number of hydrogen-bond acceptors (Lipinski definition) is 7. The average Bonchev–Trinajstić information content (AvgIpc) is 3.02. The van der Waals surface area contributed by atoms with E-state index in [4.69, 9.17) is 9.72 Å². The standard InChI is InChI=1S/C21H20N6O2/c1-26-20(28)11-18(17-6-7-23-14-24-17)25-21(26)27-8-3-9-29-19(13-27)16-5-2-4-15(10-16)12-22/h2,4-7,10-11,14,19H,3,8-9,13H2,1H3/t19-/m0/s1. The van der Waals surface area contributed by atoms with Gasteiger partial charge in [0.05, 0.1) is 29.6 Å². The molecule has 1 fully saturated rings. The fourth-order valence-corrected chi connectivity index (χ4v) is 3.40. The Morgan fingerprint density at radius 3 is 2.93 bits per heavy atom. The minimum absolute atomic E-state index is 0.156. The van der Waals surface area contributed by atoms with Crippen LogP contribution in [0.5, 0.6) is 0 Å². The molecule has 0 amide bonds.